The molecule has 0 aliphatic carbocycles. The fraction of sp³-hybridized carbons (Fsp3) is 0.250. The lowest BCUT2D eigenvalue weighted by Crippen LogP contribution is -2.23. The van der Waals surface area contributed by atoms with Crippen molar-refractivity contribution in [2.24, 2.45) is 0 Å². The second-order valence-electron chi connectivity index (χ2n) is 3.53. The van der Waals surface area contributed by atoms with E-state index in [1.165, 1.54) is 6.33 Å². The molecule has 0 aliphatic heterocycles. The zero-order valence-electron chi connectivity index (χ0n) is 9.47. The molecule has 0 radical (unpaired) electrons. The highest BCUT2D eigenvalue weighted by atomic mass is 79.9. The van der Waals surface area contributed by atoms with Gasteiger partial charge in [0.05, 0.1) is 11.7 Å². The lowest BCUT2D eigenvalue weighted by molar-refractivity contribution is 0.608. The molecular weight excluding hydrogens is 280 g/mol. The van der Waals surface area contributed by atoms with E-state index in [4.69, 9.17) is 0 Å². The Morgan fingerprint density at radius 3 is 2.76 bits per heavy atom. The van der Waals surface area contributed by atoms with Crippen LogP contribution in [0.25, 0.3) is 0 Å². The molecule has 0 aliphatic rings. The Morgan fingerprint density at radius 2 is 2.12 bits per heavy atom. The van der Waals surface area contributed by atoms with E-state index in [0.717, 1.165) is 22.3 Å². The van der Waals surface area contributed by atoms with Gasteiger partial charge in [-0.3, -0.25) is 4.98 Å². The smallest absolute Gasteiger partial charge is 0.115 e. The largest absolute Gasteiger partial charge is 0.305 e. The van der Waals surface area contributed by atoms with E-state index in [2.05, 4.69) is 43.1 Å². The Bertz CT molecular complexity index is 475. The lowest BCUT2D eigenvalue weighted by atomic mass is 10.1. The van der Waals surface area contributed by atoms with Crippen LogP contribution in [0.1, 0.15) is 24.2 Å². The molecule has 1 atom stereocenters. The van der Waals surface area contributed by atoms with E-state index < -0.39 is 0 Å². The van der Waals surface area contributed by atoms with Gasteiger partial charge in [0.15, 0.2) is 0 Å². The van der Waals surface area contributed by atoms with Gasteiger partial charge in [-0.05, 0) is 34.6 Å². The van der Waals surface area contributed by atoms with Crippen LogP contribution in [0.2, 0.25) is 0 Å². The molecule has 2 rings (SSSR count). The highest BCUT2D eigenvalue weighted by Gasteiger charge is 2.17. The van der Waals surface area contributed by atoms with Crippen molar-refractivity contribution in [2.75, 3.05) is 6.54 Å². The van der Waals surface area contributed by atoms with Gasteiger partial charge in [0.25, 0.3) is 0 Å². The van der Waals surface area contributed by atoms with Crippen LogP contribution in [-0.2, 0) is 0 Å². The highest BCUT2D eigenvalue weighted by Crippen LogP contribution is 2.25. The number of nitrogens with one attached hydrogen (secondary N) is 1. The quantitative estimate of drug-likeness (QED) is 0.940. The topological polar surface area (TPSA) is 50.7 Å². The number of hydrogen-bond acceptors (Lipinski definition) is 4. The standard InChI is InChI=1S/C12H13BrN4/c1-2-16-11(9-6-14-8-15-7-9)12-10(13)4-3-5-17-12/h3-8,11,16H,2H2,1H3. The number of nitrogens with zero attached hydrogens (tertiary/aromatic N) is 3. The molecule has 0 spiro atoms. The molecule has 88 valence electrons. The molecule has 2 aromatic rings. The van der Waals surface area contributed by atoms with Crippen molar-refractivity contribution in [3.8, 4) is 0 Å². The zero-order chi connectivity index (χ0) is 12.1. The van der Waals surface area contributed by atoms with Gasteiger partial charge in [-0.2, -0.15) is 0 Å². The summed E-state index contributed by atoms with van der Waals surface area (Å²) in [6.45, 7) is 2.91. The fourth-order valence-electron chi connectivity index (χ4n) is 1.65. The molecule has 0 amide bonds. The van der Waals surface area contributed by atoms with Crippen molar-refractivity contribution in [3.05, 3.63) is 52.8 Å². The van der Waals surface area contributed by atoms with Crippen LogP contribution in [0, 0.1) is 0 Å². The Balaban J connectivity index is 2.39. The first-order chi connectivity index (χ1) is 8.33. The van der Waals surface area contributed by atoms with Crippen LogP contribution in [0.3, 0.4) is 0 Å². The van der Waals surface area contributed by atoms with Crippen LogP contribution < -0.4 is 5.32 Å². The Morgan fingerprint density at radius 1 is 1.35 bits per heavy atom. The van der Waals surface area contributed by atoms with Gasteiger partial charge in [0.2, 0.25) is 0 Å². The van der Waals surface area contributed by atoms with Crippen molar-refractivity contribution in [1.82, 2.24) is 20.3 Å². The summed E-state index contributed by atoms with van der Waals surface area (Å²) in [7, 11) is 0. The molecule has 1 unspecified atom stereocenters. The second-order valence-corrected chi connectivity index (χ2v) is 4.39. The average molecular weight is 293 g/mol. The van der Waals surface area contributed by atoms with Crippen LogP contribution in [-0.4, -0.2) is 21.5 Å². The maximum atomic E-state index is 4.41. The summed E-state index contributed by atoms with van der Waals surface area (Å²) >= 11 is 3.52. The van der Waals surface area contributed by atoms with Crippen molar-refractivity contribution in [2.45, 2.75) is 13.0 Å². The van der Waals surface area contributed by atoms with Gasteiger partial charge in [0.1, 0.15) is 6.33 Å². The van der Waals surface area contributed by atoms with E-state index in [1.54, 1.807) is 18.6 Å². The van der Waals surface area contributed by atoms with Gasteiger partial charge in [0, 0.05) is 28.6 Å². The van der Waals surface area contributed by atoms with Gasteiger partial charge < -0.3 is 5.32 Å². The van der Waals surface area contributed by atoms with E-state index >= 15 is 0 Å². The van der Waals surface area contributed by atoms with Gasteiger partial charge in [-0.25, -0.2) is 9.97 Å². The average Bonchev–Trinajstić information content (AvgIpc) is 2.38. The summed E-state index contributed by atoms with van der Waals surface area (Å²) in [5.41, 5.74) is 1.96. The summed E-state index contributed by atoms with van der Waals surface area (Å²) in [6, 6.07) is 3.89. The van der Waals surface area contributed by atoms with Crippen LogP contribution in [0.5, 0.6) is 0 Å². The third kappa shape index (κ3) is 2.87. The minimum Gasteiger partial charge on any atom is -0.305 e. The highest BCUT2D eigenvalue weighted by molar-refractivity contribution is 9.10. The fourth-order valence-corrected chi connectivity index (χ4v) is 2.13. The maximum Gasteiger partial charge on any atom is 0.115 e. The third-order valence-electron chi connectivity index (χ3n) is 2.38. The van der Waals surface area contributed by atoms with E-state index in [-0.39, 0.29) is 6.04 Å². The predicted molar refractivity (Wildman–Crippen MR) is 69.5 cm³/mol. The summed E-state index contributed by atoms with van der Waals surface area (Å²) in [6.07, 6.45) is 6.93. The molecular formula is C12H13BrN4. The first kappa shape index (κ1) is 12.1. The molecule has 4 nitrogen and oxygen atoms in total. The lowest BCUT2D eigenvalue weighted by Gasteiger charge is -2.18. The molecule has 1 N–H and O–H groups in total. The van der Waals surface area contributed by atoms with Crippen LogP contribution in [0.15, 0.2) is 41.5 Å². The van der Waals surface area contributed by atoms with E-state index in [0.29, 0.717) is 0 Å². The molecule has 17 heavy (non-hydrogen) atoms. The van der Waals surface area contributed by atoms with Gasteiger partial charge >= 0.3 is 0 Å². The molecule has 0 aromatic carbocycles. The van der Waals surface area contributed by atoms with Gasteiger partial charge in [-0.1, -0.05) is 6.92 Å². The molecule has 2 aromatic heterocycles. The third-order valence-corrected chi connectivity index (χ3v) is 3.05. The first-order valence-electron chi connectivity index (χ1n) is 5.41. The van der Waals surface area contributed by atoms with Crippen molar-refractivity contribution >= 4 is 15.9 Å². The maximum absolute atomic E-state index is 4.41. The SMILES string of the molecule is CCNC(c1cncnc1)c1ncccc1Br. The zero-order valence-corrected chi connectivity index (χ0v) is 11.1. The number of hydrogen-bond donors (Lipinski definition) is 1. The molecule has 5 heteroatoms. The van der Waals surface area contributed by atoms with Crippen molar-refractivity contribution in [1.29, 1.82) is 0 Å². The van der Waals surface area contributed by atoms with Gasteiger partial charge in [-0.15, -0.1) is 0 Å². The Labute approximate surface area is 109 Å². The normalized spacial score (nSPS) is 12.4. The number of aromatic nitrogens is 3. The summed E-state index contributed by atoms with van der Waals surface area (Å²) in [5.74, 6) is 0. The van der Waals surface area contributed by atoms with E-state index in [9.17, 15) is 0 Å². The van der Waals surface area contributed by atoms with E-state index in [1.807, 2.05) is 12.1 Å². The van der Waals surface area contributed by atoms with Crippen LogP contribution >= 0.6 is 15.9 Å². The molecule has 0 bridgehead atoms. The Hall–Kier alpha value is -1.33. The molecule has 0 saturated carbocycles. The molecule has 2 heterocycles. The van der Waals surface area contributed by atoms with Crippen LogP contribution in [0.4, 0.5) is 0 Å². The number of halogens is 1. The monoisotopic (exact) mass is 292 g/mol. The van der Waals surface area contributed by atoms with Crippen molar-refractivity contribution < 1.29 is 0 Å². The minimum atomic E-state index is 0.0109. The second kappa shape index (κ2) is 5.84. The molecule has 0 saturated heterocycles. The van der Waals surface area contributed by atoms with Crippen molar-refractivity contribution in [3.63, 3.8) is 0 Å². The number of pyridine rings is 1. The Kier molecular flexibility index (Phi) is 4.17. The summed E-state index contributed by atoms with van der Waals surface area (Å²) in [4.78, 5) is 12.5. The number of rotatable bonds is 4. The summed E-state index contributed by atoms with van der Waals surface area (Å²) < 4.78 is 0.981. The molecule has 0 fully saturated rings. The minimum absolute atomic E-state index is 0.0109. The summed E-state index contributed by atoms with van der Waals surface area (Å²) in [5, 5.41) is 3.38. The first-order valence-corrected chi connectivity index (χ1v) is 6.21. The predicted octanol–water partition coefficient (Wildman–Crippen LogP) is 2.33.